The molecule has 5 rings (SSSR count). The number of rotatable bonds is 5. The number of hydrogen-bond acceptors (Lipinski definition) is 5. The SMILES string of the molecule is COc1ccc(NC(=O)Nc2cccc(C3CCCN(c4ncnc5[nH]ccc45)C3)c2)cc1. The van der Waals surface area contributed by atoms with E-state index in [2.05, 4.69) is 42.6 Å². The molecule has 1 aliphatic heterocycles. The highest BCUT2D eigenvalue weighted by Gasteiger charge is 2.24. The highest BCUT2D eigenvalue weighted by molar-refractivity contribution is 5.99. The van der Waals surface area contributed by atoms with Crippen LogP contribution in [0.1, 0.15) is 24.3 Å². The Hall–Kier alpha value is -4.07. The van der Waals surface area contributed by atoms with E-state index in [4.69, 9.17) is 4.74 Å². The molecule has 0 bridgehead atoms. The van der Waals surface area contributed by atoms with Gasteiger partial charge in [0.05, 0.1) is 12.5 Å². The molecule has 8 heteroatoms. The molecule has 3 heterocycles. The molecule has 8 nitrogen and oxygen atoms in total. The van der Waals surface area contributed by atoms with E-state index in [1.54, 1.807) is 25.6 Å². The van der Waals surface area contributed by atoms with Crippen LogP contribution in [-0.2, 0) is 0 Å². The van der Waals surface area contributed by atoms with Crippen LogP contribution in [-0.4, -0.2) is 41.2 Å². The van der Waals surface area contributed by atoms with Crippen LogP contribution >= 0.6 is 0 Å². The lowest BCUT2D eigenvalue weighted by molar-refractivity contribution is 0.262. The number of benzene rings is 2. The summed E-state index contributed by atoms with van der Waals surface area (Å²) in [6.07, 6.45) is 5.69. The van der Waals surface area contributed by atoms with Crippen molar-refractivity contribution in [3.63, 3.8) is 0 Å². The van der Waals surface area contributed by atoms with Gasteiger partial charge in [0.15, 0.2) is 0 Å². The predicted molar refractivity (Wildman–Crippen MR) is 130 cm³/mol. The minimum atomic E-state index is -0.279. The molecule has 2 amide bonds. The van der Waals surface area contributed by atoms with Crippen molar-refractivity contribution in [1.82, 2.24) is 15.0 Å². The second kappa shape index (κ2) is 9.20. The molecule has 4 aromatic rings. The van der Waals surface area contributed by atoms with Crippen molar-refractivity contribution in [2.24, 2.45) is 0 Å². The molecule has 0 saturated carbocycles. The van der Waals surface area contributed by atoms with Crippen molar-refractivity contribution >= 4 is 34.3 Å². The maximum atomic E-state index is 12.5. The van der Waals surface area contributed by atoms with E-state index < -0.39 is 0 Å². The molecule has 0 radical (unpaired) electrons. The van der Waals surface area contributed by atoms with E-state index in [-0.39, 0.29) is 6.03 Å². The number of hydrogen-bond donors (Lipinski definition) is 3. The van der Waals surface area contributed by atoms with Crippen LogP contribution < -0.4 is 20.3 Å². The summed E-state index contributed by atoms with van der Waals surface area (Å²) >= 11 is 0. The summed E-state index contributed by atoms with van der Waals surface area (Å²) in [5, 5.41) is 6.84. The third kappa shape index (κ3) is 4.59. The lowest BCUT2D eigenvalue weighted by Gasteiger charge is -2.34. The van der Waals surface area contributed by atoms with Crippen LogP contribution in [0.15, 0.2) is 67.1 Å². The lowest BCUT2D eigenvalue weighted by atomic mass is 9.90. The van der Waals surface area contributed by atoms with E-state index >= 15 is 0 Å². The Bertz CT molecular complexity index is 1250. The number of methoxy groups -OCH3 is 1. The normalized spacial score (nSPS) is 15.9. The predicted octanol–water partition coefficient (Wildman–Crippen LogP) is 4.99. The van der Waals surface area contributed by atoms with Gasteiger partial charge < -0.3 is 25.3 Å². The van der Waals surface area contributed by atoms with Gasteiger partial charge >= 0.3 is 6.03 Å². The number of aromatic nitrogens is 3. The van der Waals surface area contributed by atoms with E-state index in [0.717, 1.165) is 54.2 Å². The molecule has 2 aromatic heterocycles. The number of nitrogens with zero attached hydrogens (tertiary/aromatic N) is 3. The minimum Gasteiger partial charge on any atom is -0.497 e. The molecular weight excluding hydrogens is 416 g/mol. The van der Waals surface area contributed by atoms with Gasteiger partial charge in [-0.2, -0.15) is 0 Å². The summed E-state index contributed by atoms with van der Waals surface area (Å²) in [4.78, 5) is 26.8. The number of anilines is 3. The first kappa shape index (κ1) is 20.8. The smallest absolute Gasteiger partial charge is 0.323 e. The second-order valence-corrected chi connectivity index (χ2v) is 8.16. The van der Waals surface area contributed by atoms with E-state index in [0.29, 0.717) is 11.6 Å². The number of urea groups is 1. The molecule has 1 aliphatic rings. The van der Waals surface area contributed by atoms with Crippen molar-refractivity contribution in [2.75, 3.05) is 35.7 Å². The third-order valence-electron chi connectivity index (χ3n) is 6.02. The summed E-state index contributed by atoms with van der Waals surface area (Å²) in [5.41, 5.74) is 3.54. The Morgan fingerprint density at radius 3 is 2.79 bits per heavy atom. The first-order valence-electron chi connectivity index (χ1n) is 11.0. The average molecular weight is 443 g/mol. The number of carbonyl (C=O) groups is 1. The van der Waals surface area contributed by atoms with Crippen LogP contribution in [0.5, 0.6) is 5.75 Å². The number of aromatic amines is 1. The number of ether oxygens (including phenoxy) is 1. The van der Waals surface area contributed by atoms with Crippen molar-refractivity contribution in [2.45, 2.75) is 18.8 Å². The lowest BCUT2D eigenvalue weighted by Crippen LogP contribution is -2.35. The minimum absolute atomic E-state index is 0.279. The summed E-state index contributed by atoms with van der Waals surface area (Å²) in [6, 6.07) is 17.1. The van der Waals surface area contributed by atoms with Crippen molar-refractivity contribution < 1.29 is 9.53 Å². The molecule has 2 aromatic carbocycles. The molecule has 1 unspecified atom stereocenters. The molecule has 1 fully saturated rings. The molecular formula is C25H26N6O2. The van der Waals surface area contributed by atoms with Gasteiger partial charge in [0.2, 0.25) is 0 Å². The standard InChI is InChI=1S/C25H26N6O2/c1-33-21-9-7-19(8-10-21)29-25(32)30-20-6-2-4-17(14-20)18-5-3-13-31(15-18)24-22-11-12-26-23(22)27-16-28-24/h2,4,6-12,14,16,18H,3,5,13,15H2,1H3,(H,26,27,28)(H2,29,30,32). The Morgan fingerprint density at radius 1 is 1.09 bits per heavy atom. The summed E-state index contributed by atoms with van der Waals surface area (Å²) < 4.78 is 5.15. The molecule has 33 heavy (non-hydrogen) atoms. The molecule has 1 atom stereocenters. The number of carbonyl (C=O) groups excluding carboxylic acids is 1. The van der Waals surface area contributed by atoms with Crippen LogP contribution in [0.2, 0.25) is 0 Å². The van der Waals surface area contributed by atoms with Gasteiger partial charge in [-0.1, -0.05) is 12.1 Å². The largest absolute Gasteiger partial charge is 0.497 e. The first-order valence-corrected chi connectivity index (χ1v) is 11.0. The van der Waals surface area contributed by atoms with Crippen LogP contribution in [0, 0.1) is 0 Å². The fourth-order valence-electron chi connectivity index (χ4n) is 4.39. The second-order valence-electron chi connectivity index (χ2n) is 8.16. The number of piperidine rings is 1. The fourth-order valence-corrected chi connectivity index (χ4v) is 4.39. The average Bonchev–Trinajstić information content (AvgIpc) is 3.34. The van der Waals surface area contributed by atoms with E-state index in [9.17, 15) is 4.79 Å². The molecule has 1 saturated heterocycles. The van der Waals surface area contributed by atoms with Crippen molar-refractivity contribution in [3.05, 3.63) is 72.7 Å². The maximum absolute atomic E-state index is 12.5. The molecule has 0 aliphatic carbocycles. The van der Waals surface area contributed by atoms with Gasteiger partial charge in [-0.3, -0.25) is 0 Å². The highest BCUT2D eigenvalue weighted by atomic mass is 16.5. The van der Waals surface area contributed by atoms with Gasteiger partial charge in [0.1, 0.15) is 23.5 Å². The Kier molecular flexibility index (Phi) is 5.80. The number of H-pyrrole nitrogens is 1. The van der Waals surface area contributed by atoms with Crippen molar-refractivity contribution in [1.29, 1.82) is 0 Å². The summed E-state index contributed by atoms with van der Waals surface area (Å²) in [6.45, 7) is 1.84. The van der Waals surface area contributed by atoms with E-state index in [1.165, 1.54) is 5.56 Å². The zero-order valence-corrected chi connectivity index (χ0v) is 18.4. The zero-order valence-electron chi connectivity index (χ0n) is 18.4. The summed E-state index contributed by atoms with van der Waals surface area (Å²) in [5.74, 6) is 2.07. The first-order chi connectivity index (χ1) is 16.2. The number of nitrogens with one attached hydrogen (secondary N) is 3. The number of amides is 2. The third-order valence-corrected chi connectivity index (χ3v) is 6.02. The van der Waals surface area contributed by atoms with Crippen LogP contribution in [0.25, 0.3) is 11.0 Å². The van der Waals surface area contributed by atoms with Gasteiger partial charge in [-0.05, 0) is 60.9 Å². The van der Waals surface area contributed by atoms with Crippen LogP contribution in [0.4, 0.5) is 22.0 Å². The van der Waals surface area contributed by atoms with Gasteiger partial charge in [-0.25, -0.2) is 14.8 Å². The Labute approximate surface area is 192 Å². The van der Waals surface area contributed by atoms with Gasteiger partial charge in [0, 0.05) is 36.6 Å². The molecule has 3 N–H and O–H groups in total. The maximum Gasteiger partial charge on any atom is 0.323 e. The fraction of sp³-hybridized carbons (Fsp3) is 0.240. The summed E-state index contributed by atoms with van der Waals surface area (Å²) in [7, 11) is 1.61. The van der Waals surface area contributed by atoms with Crippen molar-refractivity contribution in [3.8, 4) is 5.75 Å². The topological polar surface area (TPSA) is 95.2 Å². The highest BCUT2D eigenvalue weighted by Crippen LogP contribution is 2.32. The zero-order chi connectivity index (χ0) is 22.6. The van der Waals surface area contributed by atoms with Gasteiger partial charge in [0.25, 0.3) is 0 Å². The quantitative estimate of drug-likeness (QED) is 0.405. The number of fused-ring (bicyclic) bond motifs is 1. The van der Waals surface area contributed by atoms with Gasteiger partial charge in [-0.15, -0.1) is 0 Å². The van der Waals surface area contributed by atoms with E-state index in [1.807, 2.05) is 36.5 Å². The van der Waals surface area contributed by atoms with Crippen LogP contribution in [0.3, 0.4) is 0 Å². The molecule has 168 valence electrons. The monoisotopic (exact) mass is 442 g/mol. The Morgan fingerprint density at radius 2 is 1.94 bits per heavy atom. The Balaban J connectivity index is 1.27. The molecule has 0 spiro atoms.